The number of aliphatic hydroxyl groups is 1. The third kappa shape index (κ3) is 3.64. The highest BCUT2D eigenvalue weighted by molar-refractivity contribution is 5.25. The zero-order valence-corrected chi connectivity index (χ0v) is 21.4. The summed E-state index contributed by atoms with van der Waals surface area (Å²) in [6, 6.07) is 0. The summed E-state index contributed by atoms with van der Waals surface area (Å²) in [7, 11) is 0. The highest BCUT2D eigenvalue weighted by Gasteiger charge is 2.70. The van der Waals surface area contributed by atoms with E-state index in [1.165, 1.54) is 63.4 Å². The molecule has 8 atom stereocenters. The molecule has 3 aliphatic heterocycles. The Morgan fingerprint density at radius 1 is 1.15 bits per heavy atom. The van der Waals surface area contributed by atoms with Crippen LogP contribution in [0, 0.1) is 35.0 Å². The van der Waals surface area contributed by atoms with E-state index in [2.05, 4.69) is 37.5 Å². The van der Waals surface area contributed by atoms with Crippen LogP contribution in [0.4, 0.5) is 0 Å². The van der Waals surface area contributed by atoms with E-state index in [-0.39, 0.29) is 35.4 Å². The first kappa shape index (κ1) is 23.5. The van der Waals surface area contributed by atoms with Crippen LogP contribution in [0.25, 0.3) is 0 Å². The van der Waals surface area contributed by atoms with Gasteiger partial charge in [0.05, 0.1) is 17.4 Å². The minimum absolute atomic E-state index is 0.0596. The number of aliphatic hydroxyl groups excluding tert-OH is 1. The number of dihydropyridines is 1. The van der Waals surface area contributed by atoms with Gasteiger partial charge in [-0.2, -0.15) is 0 Å². The summed E-state index contributed by atoms with van der Waals surface area (Å²) < 4.78 is 7.23. The van der Waals surface area contributed by atoms with Gasteiger partial charge in [-0.3, -0.25) is 0 Å². The van der Waals surface area contributed by atoms with E-state index in [0.717, 1.165) is 19.3 Å². The summed E-state index contributed by atoms with van der Waals surface area (Å²) in [6.07, 6.45) is 21.4. The van der Waals surface area contributed by atoms with Crippen LogP contribution >= 0.6 is 0 Å². The maximum atomic E-state index is 10.3. The molecule has 0 aromatic rings. The standard InChI is InChI=1S/C29H47N3O2/c1-26(2)25-21-6-7-22(17-33)29(25,31)18-28(14-21,34-26)23-12-20(11-19-5-8-24(30)32-16-19)13-27(15-23)9-3-4-10-27/h5,8,16,20-25,32-33H,3-4,6-7,9-15,17-18,30-31H2,1-2H3. The zero-order valence-electron chi connectivity index (χ0n) is 21.4. The molecule has 6 fully saturated rings. The lowest BCUT2D eigenvalue weighted by molar-refractivity contribution is -0.324. The molecule has 34 heavy (non-hydrogen) atoms. The average Bonchev–Trinajstić information content (AvgIpc) is 3.20. The number of allylic oxidation sites excluding steroid dienone is 2. The second kappa shape index (κ2) is 8.06. The molecule has 8 unspecified atom stereocenters. The van der Waals surface area contributed by atoms with Crippen molar-refractivity contribution in [3.63, 3.8) is 0 Å². The second-order valence-electron chi connectivity index (χ2n) is 13.8. The van der Waals surface area contributed by atoms with Crippen LogP contribution in [0.2, 0.25) is 0 Å². The Bertz CT molecular complexity index is 861. The molecule has 5 nitrogen and oxygen atoms in total. The molecule has 0 amide bonds. The average molecular weight is 470 g/mol. The van der Waals surface area contributed by atoms with Gasteiger partial charge in [-0.15, -0.1) is 0 Å². The van der Waals surface area contributed by atoms with Gasteiger partial charge in [0.25, 0.3) is 0 Å². The van der Waals surface area contributed by atoms with Gasteiger partial charge in [0.2, 0.25) is 0 Å². The Morgan fingerprint density at radius 2 is 1.94 bits per heavy atom. The van der Waals surface area contributed by atoms with E-state index in [1.807, 2.05) is 0 Å². The van der Waals surface area contributed by atoms with Crippen molar-refractivity contribution in [3.05, 3.63) is 23.9 Å². The van der Waals surface area contributed by atoms with E-state index in [4.69, 9.17) is 16.2 Å². The summed E-state index contributed by atoms with van der Waals surface area (Å²) in [5.41, 5.74) is 14.6. The lowest BCUT2D eigenvalue weighted by atomic mass is 9.43. The topological polar surface area (TPSA) is 93.5 Å². The van der Waals surface area contributed by atoms with E-state index in [9.17, 15) is 5.11 Å². The van der Waals surface area contributed by atoms with Crippen molar-refractivity contribution in [2.45, 2.75) is 114 Å². The molecule has 0 aromatic heterocycles. The lowest BCUT2D eigenvalue weighted by Gasteiger charge is -2.71. The van der Waals surface area contributed by atoms with E-state index in [0.29, 0.717) is 29.1 Å². The number of nitrogens with one attached hydrogen (secondary N) is 1. The SMILES string of the molecule is CC1(C)OC2(C3CC(CC4=CNC(N)C=C4)CC4(CCCC4)C3)CC3CCC(CO)C(N)(C2)C31. The van der Waals surface area contributed by atoms with E-state index in [1.54, 1.807) is 0 Å². The van der Waals surface area contributed by atoms with Crippen molar-refractivity contribution < 1.29 is 9.84 Å². The van der Waals surface area contributed by atoms with E-state index >= 15 is 0 Å². The quantitative estimate of drug-likeness (QED) is 0.491. The number of nitrogens with two attached hydrogens (primary N) is 2. The lowest BCUT2D eigenvalue weighted by Crippen LogP contribution is -2.78. The third-order valence-electron chi connectivity index (χ3n) is 11.3. The monoisotopic (exact) mass is 469 g/mol. The first-order valence-corrected chi connectivity index (χ1v) is 14.2. The third-order valence-corrected chi connectivity index (χ3v) is 11.3. The fraction of sp³-hybridized carbons (Fsp3) is 0.862. The largest absolute Gasteiger partial charge is 0.396 e. The molecule has 4 saturated carbocycles. The van der Waals surface area contributed by atoms with Crippen LogP contribution in [0.3, 0.4) is 0 Å². The van der Waals surface area contributed by atoms with Crippen molar-refractivity contribution in [1.82, 2.24) is 5.32 Å². The van der Waals surface area contributed by atoms with Crippen LogP contribution in [0.15, 0.2) is 23.9 Å². The predicted octanol–water partition coefficient (Wildman–Crippen LogP) is 4.35. The molecule has 7 rings (SSSR count). The van der Waals surface area contributed by atoms with Crippen molar-refractivity contribution >= 4 is 0 Å². The van der Waals surface area contributed by atoms with Crippen LogP contribution in [-0.4, -0.2) is 34.6 Å². The molecule has 5 heteroatoms. The minimum atomic E-state index is -0.290. The Kier molecular flexibility index (Phi) is 5.58. The van der Waals surface area contributed by atoms with Gasteiger partial charge in [0.1, 0.15) is 0 Å². The fourth-order valence-electron chi connectivity index (χ4n) is 10.5. The molecule has 0 aromatic carbocycles. The molecule has 3 heterocycles. The van der Waals surface area contributed by atoms with Gasteiger partial charge in [0.15, 0.2) is 0 Å². The van der Waals surface area contributed by atoms with Gasteiger partial charge in [-0.05, 0) is 113 Å². The first-order valence-electron chi connectivity index (χ1n) is 14.2. The van der Waals surface area contributed by atoms with Gasteiger partial charge >= 0.3 is 0 Å². The number of ether oxygens (including phenoxy) is 1. The highest BCUT2D eigenvalue weighted by Crippen LogP contribution is 2.67. The molecule has 4 aliphatic carbocycles. The van der Waals surface area contributed by atoms with Gasteiger partial charge in [-0.25, -0.2) is 0 Å². The van der Waals surface area contributed by atoms with Crippen LogP contribution in [0.5, 0.6) is 0 Å². The number of hydrogen-bond donors (Lipinski definition) is 4. The molecular formula is C29H47N3O2. The van der Waals surface area contributed by atoms with Crippen LogP contribution in [-0.2, 0) is 4.74 Å². The Labute approximate surface area is 206 Å². The summed E-state index contributed by atoms with van der Waals surface area (Å²) in [5.74, 6) is 2.47. The highest BCUT2D eigenvalue weighted by atomic mass is 16.5. The van der Waals surface area contributed by atoms with Crippen molar-refractivity contribution in [2.24, 2.45) is 46.5 Å². The Balaban J connectivity index is 1.33. The summed E-state index contributed by atoms with van der Waals surface area (Å²) in [6.45, 7) is 4.83. The van der Waals surface area contributed by atoms with Gasteiger partial charge in [0, 0.05) is 30.2 Å². The number of fused-ring (bicyclic) bond motifs is 1. The van der Waals surface area contributed by atoms with Crippen molar-refractivity contribution in [2.75, 3.05) is 6.61 Å². The maximum Gasteiger partial charge on any atom is 0.0934 e. The molecule has 0 radical (unpaired) electrons. The summed E-state index contributed by atoms with van der Waals surface area (Å²) >= 11 is 0. The minimum Gasteiger partial charge on any atom is -0.396 e. The fourth-order valence-corrected chi connectivity index (χ4v) is 10.5. The normalized spacial score (nSPS) is 48.6. The summed E-state index contributed by atoms with van der Waals surface area (Å²) in [4.78, 5) is 0. The van der Waals surface area contributed by atoms with Crippen LogP contribution < -0.4 is 16.8 Å². The molecule has 2 saturated heterocycles. The van der Waals surface area contributed by atoms with E-state index < -0.39 is 0 Å². The number of hydrogen-bond acceptors (Lipinski definition) is 5. The predicted molar refractivity (Wildman–Crippen MR) is 136 cm³/mol. The first-order chi connectivity index (χ1) is 16.2. The molecule has 7 aliphatic rings. The maximum absolute atomic E-state index is 10.3. The smallest absolute Gasteiger partial charge is 0.0934 e. The summed E-state index contributed by atoms with van der Waals surface area (Å²) in [5, 5.41) is 13.6. The molecular weight excluding hydrogens is 422 g/mol. The second-order valence-corrected chi connectivity index (χ2v) is 13.8. The number of rotatable bonds is 4. The molecule has 1 spiro atoms. The Morgan fingerprint density at radius 3 is 2.65 bits per heavy atom. The molecule has 6 N–H and O–H groups in total. The molecule has 190 valence electrons. The van der Waals surface area contributed by atoms with Crippen molar-refractivity contribution in [1.29, 1.82) is 0 Å². The Hall–Kier alpha value is -0.880. The zero-order chi connectivity index (χ0) is 23.8. The van der Waals surface area contributed by atoms with Gasteiger partial charge in [-0.1, -0.05) is 18.9 Å². The van der Waals surface area contributed by atoms with Crippen LogP contribution in [0.1, 0.15) is 90.9 Å². The van der Waals surface area contributed by atoms with Crippen molar-refractivity contribution in [3.8, 4) is 0 Å². The molecule has 4 bridgehead atoms. The van der Waals surface area contributed by atoms with Gasteiger partial charge < -0.3 is 26.6 Å².